The molecule has 2 fully saturated rings. The summed E-state index contributed by atoms with van der Waals surface area (Å²) >= 11 is 0. The van der Waals surface area contributed by atoms with Crippen LogP contribution in [-0.2, 0) is 16.0 Å². The SMILES string of the molecule is O=C(CCc1ccccc1)N1CCN(c2nc(C3CCOCC3)nc3c2cnn3-c2ccccc2)CC1. The van der Waals surface area contributed by atoms with E-state index in [0.717, 1.165) is 73.9 Å². The number of rotatable bonds is 6. The van der Waals surface area contributed by atoms with Crippen molar-refractivity contribution in [2.45, 2.75) is 31.6 Å². The minimum Gasteiger partial charge on any atom is -0.381 e. The zero-order valence-electron chi connectivity index (χ0n) is 21.0. The van der Waals surface area contributed by atoms with Crippen molar-refractivity contribution in [3.63, 3.8) is 0 Å². The van der Waals surface area contributed by atoms with Crippen molar-refractivity contribution in [3.8, 4) is 5.69 Å². The molecule has 2 saturated heterocycles. The van der Waals surface area contributed by atoms with Crippen molar-refractivity contribution in [3.05, 3.63) is 78.2 Å². The molecule has 0 aliphatic carbocycles. The first-order valence-corrected chi connectivity index (χ1v) is 13.2. The van der Waals surface area contributed by atoms with Crippen molar-refractivity contribution < 1.29 is 9.53 Å². The molecule has 6 rings (SSSR count). The number of anilines is 1. The summed E-state index contributed by atoms with van der Waals surface area (Å²) in [4.78, 5) is 27.3. The minimum atomic E-state index is 0.219. The van der Waals surface area contributed by atoms with E-state index in [4.69, 9.17) is 19.8 Å². The van der Waals surface area contributed by atoms with Gasteiger partial charge >= 0.3 is 0 Å². The van der Waals surface area contributed by atoms with E-state index in [2.05, 4.69) is 17.0 Å². The van der Waals surface area contributed by atoms with Gasteiger partial charge in [0, 0.05) is 51.7 Å². The van der Waals surface area contributed by atoms with Gasteiger partial charge in [-0.1, -0.05) is 48.5 Å². The summed E-state index contributed by atoms with van der Waals surface area (Å²) in [5.74, 6) is 2.28. The number of aryl methyl sites for hydroxylation is 1. The molecule has 4 aromatic rings. The van der Waals surface area contributed by atoms with Crippen LogP contribution in [-0.4, -0.2) is 69.9 Å². The highest BCUT2D eigenvalue weighted by atomic mass is 16.5. The maximum absolute atomic E-state index is 12.9. The van der Waals surface area contributed by atoms with Gasteiger partial charge in [-0.3, -0.25) is 4.79 Å². The Morgan fingerprint density at radius 1 is 0.892 bits per heavy atom. The molecule has 8 heteroatoms. The van der Waals surface area contributed by atoms with Crippen LogP contribution in [0.3, 0.4) is 0 Å². The molecule has 1 amide bonds. The smallest absolute Gasteiger partial charge is 0.223 e. The molecule has 0 saturated carbocycles. The fourth-order valence-corrected chi connectivity index (χ4v) is 5.27. The van der Waals surface area contributed by atoms with Crippen LogP contribution in [0.25, 0.3) is 16.7 Å². The average molecular weight is 497 g/mol. The first-order chi connectivity index (χ1) is 18.3. The van der Waals surface area contributed by atoms with Gasteiger partial charge in [0.05, 0.1) is 17.3 Å². The molecule has 37 heavy (non-hydrogen) atoms. The van der Waals surface area contributed by atoms with Gasteiger partial charge < -0.3 is 14.5 Å². The second kappa shape index (κ2) is 10.7. The number of hydrogen-bond acceptors (Lipinski definition) is 6. The minimum absolute atomic E-state index is 0.219. The number of para-hydroxylation sites is 1. The first-order valence-electron chi connectivity index (χ1n) is 13.2. The van der Waals surface area contributed by atoms with E-state index >= 15 is 0 Å². The third-order valence-electron chi connectivity index (χ3n) is 7.42. The first kappa shape index (κ1) is 23.6. The number of fused-ring (bicyclic) bond motifs is 1. The summed E-state index contributed by atoms with van der Waals surface area (Å²) < 4.78 is 7.50. The maximum Gasteiger partial charge on any atom is 0.223 e. The average Bonchev–Trinajstić information content (AvgIpc) is 3.41. The molecule has 0 N–H and O–H groups in total. The van der Waals surface area contributed by atoms with E-state index < -0.39 is 0 Å². The summed E-state index contributed by atoms with van der Waals surface area (Å²) in [6.45, 7) is 4.35. The van der Waals surface area contributed by atoms with E-state index in [1.54, 1.807) is 0 Å². The molecule has 2 aromatic heterocycles. The zero-order valence-corrected chi connectivity index (χ0v) is 21.0. The van der Waals surface area contributed by atoms with Crippen molar-refractivity contribution in [2.75, 3.05) is 44.3 Å². The van der Waals surface area contributed by atoms with E-state index in [1.165, 1.54) is 5.56 Å². The van der Waals surface area contributed by atoms with Gasteiger partial charge in [0.15, 0.2) is 5.65 Å². The van der Waals surface area contributed by atoms with E-state index in [-0.39, 0.29) is 11.8 Å². The Morgan fingerprint density at radius 2 is 1.59 bits per heavy atom. The Balaban J connectivity index is 1.24. The number of carbonyl (C=O) groups is 1. The highest BCUT2D eigenvalue weighted by Crippen LogP contribution is 2.31. The molecule has 2 aromatic carbocycles. The number of carbonyl (C=O) groups excluding carboxylic acids is 1. The van der Waals surface area contributed by atoms with Crippen LogP contribution in [0.4, 0.5) is 5.82 Å². The van der Waals surface area contributed by atoms with Gasteiger partial charge in [0.2, 0.25) is 5.91 Å². The molecular formula is C29H32N6O2. The molecule has 2 aliphatic rings. The Labute approximate surface area is 216 Å². The number of benzene rings is 2. The lowest BCUT2D eigenvalue weighted by Crippen LogP contribution is -2.49. The van der Waals surface area contributed by atoms with Gasteiger partial charge in [-0.05, 0) is 37.0 Å². The maximum atomic E-state index is 12.9. The van der Waals surface area contributed by atoms with Crippen molar-refractivity contribution in [1.29, 1.82) is 0 Å². The van der Waals surface area contributed by atoms with Crippen LogP contribution in [0.2, 0.25) is 0 Å². The number of nitrogens with zero attached hydrogens (tertiary/aromatic N) is 6. The molecular weight excluding hydrogens is 464 g/mol. The highest BCUT2D eigenvalue weighted by molar-refractivity contribution is 5.88. The molecule has 0 atom stereocenters. The molecule has 0 bridgehead atoms. The van der Waals surface area contributed by atoms with Gasteiger partial charge in [-0.2, -0.15) is 5.10 Å². The van der Waals surface area contributed by atoms with Crippen molar-refractivity contribution in [1.82, 2.24) is 24.6 Å². The van der Waals surface area contributed by atoms with Crippen molar-refractivity contribution in [2.24, 2.45) is 0 Å². The quantitative estimate of drug-likeness (QED) is 0.402. The predicted octanol–water partition coefficient (Wildman–Crippen LogP) is 3.99. The number of piperazine rings is 1. The van der Waals surface area contributed by atoms with E-state index in [0.29, 0.717) is 19.5 Å². The lowest BCUT2D eigenvalue weighted by molar-refractivity contribution is -0.131. The number of aromatic nitrogens is 4. The molecule has 0 radical (unpaired) electrons. The van der Waals surface area contributed by atoms with Crippen LogP contribution in [0, 0.1) is 0 Å². The summed E-state index contributed by atoms with van der Waals surface area (Å²) in [6.07, 6.45) is 5.05. The van der Waals surface area contributed by atoms with E-state index in [1.807, 2.05) is 64.3 Å². The largest absolute Gasteiger partial charge is 0.381 e. The molecule has 4 heterocycles. The summed E-state index contributed by atoms with van der Waals surface area (Å²) in [7, 11) is 0. The van der Waals surface area contributed by atoms with Gasteiger partial charge in [-0.15, -0.1) is 0 Å². The monoisotopic (exact) mass is 496 g/mol. The van der Waals surface area contributed by atoms with Crippen LogP contribution in [0.5, 0.6) is 0 Å². The Hall–Kier alpha value is -3.78. The fraction of sp³-hybridized carbons (Fsp3) is 0.379. The van der Waals surface area contributed by atoms with Crippen LogP contribution < -0.4 is 4.90 Å². The number of amides is 1. The number of hydrogen-bond donors (Lipinski definition) is 0. The number of ether oxygens (including phenoxy) is 1. The second-order valence-corrected chi connectivity index (χ2v) is 9.77. The van der Waals surface area contributed by atoms with Gasteiger partial charge in [0.1, 0.15) is 11.6 Å². The third kappa shape index (κ3) is 5.06. The molecule has 0 spiro atoms. The molecule has 0 unspecified atom stereocenters. The second-order valence-electron chi connectivity index (χ2n) is 9.77. The highest BCUT2D eigenvalue weighted by Gasteiger charge is 2.27. The molecule has 190 valence electrons. The standard InChI is InChI=1S/C29H32N6O2/c36-26(12-11-22-7-3-1-4-8-22)33-15-17-34(18-16-33)28-25-21-30-35(24-9-5-2-6-10-24)29(25)32-27(31-28)23-13-19-37-20-14-23/h1-10,21,23H,11-20H2. The van der Waals surface area contributed by atoms with Gasteiger partial charge in [-0.25, -0.2) is 14.6 Å². The summed E-state index contributed by atoms with van der Waals surface area (Å²) in [6, 6.07) is 20.3. The lowest BCUT2D eigenvalue weighted by atomic mass is 9.99. The normalized spacial score (nSPS) is 16.9. The van der Waals surface area contributed by atoms with E-state index in [9.17, 15) is 4.79 Å². The Kier molecular flexibility index (Phi) is 6.82. The van der Waals surface area contributed by atoms with Crippen LogP contribution in [0.1, 0.15) is 36.6 Å². The zero-order chi connectivity index (χ0) is 25.0. The fourth-order valence-electron chi connectivity index (χ4n) is 5.27. The Bertz CT molecular complexity index is 1340. The summed E-state index contributed by atoms with van der Waals surface area (Å²) in [5.41, 5.74) is 3.02. The molecule has 8 nitrogen and oxygen atoms in total. The Morgan fingerprint density at radius 3 is 2.32 bits per heavy atom. The topological polar surface area (TPSA) is 76.4 Å². The van der Waals surface area contributed by atoms with Gasteiger partial charge in [0.25, 0.3) is 0 Å². The lowest BCUT2D eigenvalue weighted by Gasteiger charge is -2.36. The van der Waals surface area contributed by atoms with Crippen molar-refractivity contribution >= 4 is 22.8 Å². The third-order valence-corrected chi connectivity index (χ3v) is 7.42. The van der Waals surface area contributed by atoms with Crippen LogP contribution in [0.15, 0.2) is 66.9 Å². The predicted molar refractivity (Wildman–Crippen MR) is 143 cm³/mol. The molecule has 2 aliphatic heterocycles. The summed E-state index contributed by atoms with van der Waals surface area (Å²) in [5, 5.41) is 5.65. The van der Waals surface area contributed by atoms with Crippen LogP contribution >= 0.6 is 0 Å².